The van der Waals surface area contributed by atoms with Crippen molar-refractivity contribution in [2.75, 3.05) is 5.73 Å². The summed E-state index contributed by atoms with van der Waals surface area (Å²) >= 11 is 3.43. The van der Waals surface area contributed by atoms with E-state index in [4.69, 9.17) is 5.73 Å². The van der Waals surface area contributed by atoms with Crippen LogP contribution in [0.5, 0.6) is 0 Å². The number of hydrogen-bond donors (Lipinski definition) is 1. The summed E-state index contributed by atoms with van der Waals surface area (Å²) in [5.74, 6) is 0.243. The lowest BCUT2D eigenvalue weighted by Gasteiger charge is -2.03. The molecule has 3 nitrogen and oxygen atoms in total. The molecule has 0 unspecified atom stereocenters. The molecule has 5 heteroatoms. The molecular weight excluding hydrogens is 333 g/mol. The molecule has 0 aliphatic carbocycles. The highest BCUT2D eigenvalue weighted by atomic mass is 79.9. The first kappa shape index (κ1) is 13.8. The van der Waals surface area contributed by atoms with Crippen LogP contribution in [0.3, 0.4) is 0 Å². The minimum atomic E-state index is -0.305. The van der Waals surface area contributed by atoms with Gasteiger partial charge < -0.3 is 5.73 Å². The number of hydrogen-bond acceptors (Lipinski definition) is 2. The van der Waals surface area contributed by atoms with Gasteiger partial charge >= 0.3 is 0 Å². The highest BCUT2D eigenvalue weighted by Crippen LogP contribution is 2.33. The third-order valence-corrected chi connectivity index (χ3v) is 4.04. The Bertz CT molecular complexity index is 797. The Hall–Kier alpha value is -2.14. The molecule has 1 heterocycles. The zero-order valence-corrected chi connectivity index (χ0v) is 12.9. The van der Waals surface area contributed by atoms with Crippen molar-refractivity contribution in [3.63, 3.8) is 0 Å². The Kier molecular flexibility index (Phi) is 3.51. The van der Waals surface area contributed by atoms with Crippen LogP contribution in [0.4, 0.5) is 10.2 Å². The van der Waals surface area contributed by atoms with Crippen LogP contribution >= 0.6 is 15.9 Å². The fourth-order valence-electron chi connectivity index (χ4n) is 2.21. The number of halogens is 2. The van der Waals surface area contributed by atoms with Crippen LogP contribution in [0.1, 0.15) is 5.56 Å². The van der Waals surface area contributed by atoms with Gasteiger partial charge in [0, 0.05) is 15.6 Å². The topological polar surface area (TPSA) is 43.8 Å². The van der Waals surface area contributed by atoms with E-state index in [0.29, 0.717) is 17.1 Å². The van der Waals surface area contributed by atoms with Gasteiger partial charge in [-0.1, -0.05) is 34.1 Å². The van der Waals surface area contributed by atoms with Gasteiger partial charge in [-0.2, -0.15) is 5.10 Å². The molecule has 0 atom stereocenters. The molecule has 0 radical (unpaired) electrons. The molecule has 0 aliphatic rings. The average Bonchev–Trinajstić information content (AvgIpc) is 2.79. The zero-order chi connectivity index (χ0) is 15.0. The van der Waals surface area contributed by atoms with E-state index in [1.165, 1.54) is 12.1 Å². The molecule has 0 aliphatic heterocycles. The molecule has 3 rings (SSSR count). The van der Waals surface area contributed by atoms with Gasteiger partial charge in [0.2, 0.25) is 0 Å². The molecular formula is C16H13BrFN3. The van der Waals surface area contributed by atoms with Gasteiger partial charge in [0.05, 0.1) is 11.4 Å². The smallest absolute Gasteiger partial charge is 0.130 e. The maximum Gasteiger partial charge on any atom is 0.130 e. The summed E-state index contributed by atoms with van der Waals surface area (Å²) in [6, 6.07) is 14.1. The Balaban J connectivity index is 2.20. The minimum Gasteiger partial charge on any atom is -0.383 e. The van der Waals surface area contributed by atoms with E-state index >= 15 is 0 Å². The van der Waals surface area contributed by atoms with Gasteiger partial charge in [0.1, 0.15) is 11.6 Å². The van der Waals surface area contributed by atoms with Crippen molar-refractivity contribution < 1.29 is 4.39 Å². The number of nitrogens with zero attached hydrogens (tertiary/aromatic N) is 2. The quantitative estimate of drug-likeness (QED) is 0.751. The van der Waals surface area contributed by atoms with Crippen LogP contribution in [0.25, 0.3) is 16.9 Å². The zero-order valence-electron chi connectivity index (χ0n) is 11.3. The lowest BCUT2D eigenvalue weighted by molar-refractivity contribution is 0.628. The molecule has 0 saturated heterocycles. The van der Waals surface area contributed by atoms with Crippen molar-refractivity contribution in [1.29, 1.82) is 0 Å². The largest absolute Gasteiger partial charge is 0.383 e. The minimum absolute atomic E-state index is 0.305. The molecule has 0 saturated carbocycles. The fraction of sp³-hybridized carbons (Fsp3) is 0.0625. The van der Waals surface area contributed by atoms with Gasteiger partial charge in [-0.15, -0.1) is 0 Å². The van der Waals surface area contributed by atoms with Crippen LogP contribution in [-0.4, -0.2) is 9.78 Å². The van der Waals surface area contributed by atoms with Crippen LogP contribution in [0.15, 0.2) is 53.0 Å². The number of nitrogens with two attached hydrogens (primary N) is 1. The highest BCUT2D eigenvalue weighted by molar-refractivity contribution is 9.10. The van der Waals surface area contributed by atoms with Gasteiger partial charge in [-0.05, 0) is 37.3 Å². The Morgan fingerprint density at radius 1 is 1.14 bits per heavy atom. The van der Waals surface area contributed by atoms with Crippen molar-refractivity contribution in [3.8, 4) is 16.9 Å². The monoisotopic (exact) mass is 345 g/mol. The normalized spacial score (nSPS) is 10.8. The summed E-state index contributed by atoms with van der Waals surface area (Å²) in [5, 5.41) is 4.55. The van der Waals surface area contributed by atoms with E-state index < -0.39 is 0 Å². The molecule has 2 aromatic carbocycles. The number of anilines is 1. The van der Waals surface area contributed by atoms with E-state index in [1.807, 2.05) is 37.3 Å². The summed E-state index contributed by atoms with van der Waals surface area (Å²) < 4.78 is 16.0. The fourth-order valence-corrected chi connectivity index (χ4v) is 2.64. The second-order valence-corrected chi connectivity index (χ2v) is 5.58. The molecule has 0 fully saturated rings. The first-order valence-electron chi connectivity index (χ1n) is 6.44. The summed E-state index contributed by atoms with van der Waals surface area (Å²) in [6.45, 7) is 1.88. The molecule has 0 amide bonds. The standard InChI is InChI=1S/C16H13BrFN3/c1-10-15(13-9-11(18)7-8-14(13)17)20-21(16(10)19)12-5-3-2-4-6-12/h2-9H,19H2,1H3. The van der Waals surface area contributed by atoms with Crippen LogP contribution in [0.2, 0.25) is 0 Å². The molecule has 0 spiro atoms. The third kappa shape index (κ3) is 2.45. The van der Waals surface area contributed by atoms with E-state index in [2.05, 4.69) is 21.0 Å². The third-order valence-electron chi connectivity index (χ3n) is 3.35. The predicted molar refractivity (Wildman–Crippen MR) is 85.8 cm³/mol. The number of rotatable bonds is 2. The first-order chi connectivity index (χ1) is 10.1. The van der Waals surface area contributed by atoms with Crippen molar-refractivity contribution >= 4 is 21.7 Å². The number of nitrogen functional groups attached to an aromatic ring is 1. The van der Waals surface area contributed by atoms with E-state index in [0.717, 1.165) is 15.7 Å². The van der Waals surface area contributed by atoms with Crippen LogP contribution in [0, 0.1) is 12.7 Å². The van der Waals surface area contributed by atoms with E-state index in [1.54, 1.807) is 10.7 Å². The van der Waals surface area contributed by atoms with Gasteiger partial charge in [0.15, 0.2) is 0 Å². The number of para-hydroxylation sites is 1. The molecule has 21 heavy (non-hydrogen) atoms. The second kappa shape index (κ2) is 5.33. The SMILES string of the molecule is Cc1c(-c2cc(F)ccc2Br)nn(-c2ccccc2)c1N. The van der Waals surface area contributed by atoms with Crippen molar-refractivity contribution in [2.45, 2.75) is 6.92 Å². The maximum absolute atomic E-state index is 13.5. The van der Waals surface area contributed by atoms with Crippen LogP contribution < -0.4 is 5.73 Å². The van der Waals surface area contributed by atoms with E-state index in [-0.39, 0.29) is 5.82 Å². The van der Waals surface area contributed by atoms with Gasteiger partial charge in [0.25, 0.3) is 0 Å². The lowest BCUT2D eigenvalue weighted by atomic mass is 10.1. The summed E-state index contributed by atoms with van der Waals surface area (Å²) in [4.78, 5) is 0. The second-order valence-electron chi connectivity index (χ2n) is 4.73. The molecule has 0 bridgehead atoms. The summed E-state index contributed by atoms with van der Waals surface area (Å²) in [5.41, 5.74) is 9.21. The van der Waals surface area contributed by atoms with Crippen molar-refractivity contribution in [3.05, 3.63) is 64.4 Å². The Labute approximate surface area is 130 Å². The maximum atomic E-state index is 13.5. The van der Waals surface area contributed by atoms with Crippen LogP contribution in [-0.2, 0) is 0 Å². The average molecular weight is 346 g/mol. The highest BCUT2D eigenvalue weighted by Gasteiger charge is 2.17. The molecule has 106 valence electrons. The number of aromatic nitrogens is 2. The van der Waals surface area contributed by atoms with E-state index in [9.17, 15) is 4.39 Å². The Morgan fingerprint density at radius 3 is 2.57 bits per heavy atom. The molecule has 3 aromatic rings. The summed E-state index contributed by atoms with van der Waals surface area (Å²) in [6.07, 6.45) is 0. The van der Waals surface area contributed by atoms with Crippen molar-refractivity contribution in [1.82, 2.24) is 9.78 Å². The summed E-state index contributed by atoms with van der Waals surface area (Å²) in [7, 11) is 0. The van der Waals surface area contributed by atoms with Crippen molar-refractivity contribution in [2.24, 2.45) is 0 Å². The molecule has 2 N–H and O–H groups in total. The van der Waals surface area contributed by atoms with Gasteiger partial charge in [-0.25, -0.2) is 9.07 Å². The van der Waals surface area contributed by atoms with Gasteiger partial charge in [-0.3, -0.25) is 0 Å². The number of benzene rings is 2. The Morgan fingerprint density at radius 2 is 1.86 bits per heavy atom. The predicted octanol–water partition coefficient (Wildman–Crippen LogP) is 4.33. The first-order valence-corrected chi connectivity index (χ1v) is 7.23. The lowest BCUT2D eigenvalue weighted by Crippen LogP contribution is -2.01. The molecule has 1 aromatic heterocycles.